The molecule has 0 radical (unpaired) electrons. The number of anilines is 1. The van der Waals surface area contributed by atoms with Gasteiger partial charge in [0, 0.05) is 16.2 Å². The van der Waals surface area contributed by atoms with Crippen molar-refractivity contribution in [3.8, 4) is 0 Å². The van der Waals surface area contributed by atoms with E-state index in [4.69, 9.17) is 5.11 Å². The van der Waals surface area contributed by atoms with Gasteiger partial charge in [-0.05, 0) is 37.0 Å². The molecular formula is C15H20BrNO2. The first kappa shape index (κ1) is 14.4. The highest BCUT2D eigenvalue weighted by atomic mass is 79.9. The fourth-order valence-electron chi connectivity index (χ4n) is 2.90. The summed E-state index contributed by atoms with van der Waals surface area (Å²) in [5, 5.41) is 12.6. The molecule has 0 aliphatic heterocycles. The van der Waals surface area contributed by atoms with Crippen molar-refractivity contribution in [2.24, 2.45) is 5.92 Å². The van der Waals surface area contributed by atoms with Crippen LogP contribution in [0.2, 0.25) is 0 Å². The molecule has 0 aromatic heterocycles. The van der Waals surface area contributed by atoms with Crippen LogP contribution in [0.5, 0.6) is 0 Å². The van der Waals surface area contributed by atoms with Crippen molar-refractivity contribution in [2.75, 3.05) is 5.32 Å². The van der Waals surface area contributed by atoms with E-state index >= 15 is 0 Å². The fourth-order valence-corrected chi connectivity index (χ4v) is 3.39. The Morgan fingerprint density at radius 2 is 2.11 bits per heavy atom. The first-order chi connectivity index (χ1) is 9.10. The summed E-state index contributed by atoms with van der Waals surface area (Å²) in [5.74, 6) is -0.193. The van der Waals surface area contributed by atoms with Gasteiger partial charge in [-0.15, -0.1) is 0 Å². The minimum Gasteiger partial charge on any atom is -0.478 e. The van der Waals surface area contributed by atoms with E-state index in [0.717, 1.165) is 10.2 Å². The van der Waals surface area contributed by atoms with Crippen LogP contribution in [0.1, 0.15) is 49.4 Å². The molecule has 2 atom stereocenters. The van der Waals surface area contributed by atoms with Crippen LogP contribution in [0.15, 0.2) is 22.7 Å². The molecule has 0 saturated heterocycles. The van der Waals surface area contributed by atoms with Crippen molar-refractivity contribution in [3.05, 3.63) is 28.2 Å². The van der Waals surface area contributed by atoms with Crippen LogP contribution in [-0.2, 0) is 0 Å². The van der Waals surface area contributed by atoms with Gasteiger partial charge in [-0.25, -0.2) is 4.79 Å². The molecule has 19 heavy (non-hydrogen) atoms. The molecule has 104 valence electrons. The molecule has 1 aliphatic carbocycles. The molecule has 1 saturated carbocycles. The maximum absolute atomic E-state index is 11.1. The molecule has 0 heterocycles. The monoisotopic (exact) mass is 325 g/mol. The second kappa shape index (κ2) is 6.42. The van der Waals surface area contributed by atoms with Gasteiger partial charge in [0.2, 0.25) is 0 Å². The summed E-state index contributed by atoms with van der Waals surface area (Å²) in [6, 6.07) is 5.77. The first-order valence-electron chi connectivity index (χ1n) is 6.90. The zero-order valence-electron chi connectivity index (χ0n) is 11.2. The van der Waals surface area contributed by atoms with Gasteiger partial charge in [-0.3, -0.25) is 0 Å². The summed E-state index contributed by atoms with van der Waals surface area (Å²) in [6.45, 7) is 2.23. The first-order valence-corrected chi connectivity index (χ1v) is 7.70. The van der Waals surface area contributed by atoms with Crippen LogP contribution < -0.4 is 5.32 Å². The van der Waals surface area contributed by atoms with E-state index in [-0.39, 0.29) is 0 Å². The van der Waals surface area contributed by atoms with Crippen LogP contribution in [0, 0.1) is 5.92 Å². The zero-order chi connectivity index (χ0) is 13.8. The van der Waals surface area contributed by atoms with E-state index in [0.29, 0.717) is 17.5 Å². The minimum absolute atomic E-state index is 0.320. The second-order valence-corrected chi connectivity index (χ2v) is 6.15. The Morgan fingerprint density at radius 1 is 1.37 bits per heavy atom. The van der Waals surface area contributed by atoms with E-state index < -0.39 is 5.97 Å². The van der Waals surface area contributed by atoms with Crippen LogP contribution in [0.4, 0.5) is 5.69 Å². The maximum Gasteiger partial charge on any atom is 0.335 e. The summed E-state index contributed by atoms with van der Waals surface area (Å²) in [4.78, 5) is 11.1. The van der Waals surface area contributed by atoms with Gasteiger partial charge >= 0.3 is 5.97 Å². The van der Waals surface area contributed by atoms with Crippen LogP contribution in [0.25, 0.3) is 0 Å². The lowest BCUT2D eigenvalue weighted by molar-refractivity contribution is 0.0697. The number of carboxylic acids is 1. The quantitative estimate of drug-likeness (QED) is 0.855. The molecule has 0 amide bonds. The molecule has 1 aromatic carbocycles. The van der Waals surface area contributed by atoms with Gasteiger partial charge in [0.05, 0.1) is 5.56 Å². The Hall–Kier alpha value is -1.03. The number of nitrogens with one attached hydrogen (secondary N) is 1. The number of rotatable bonds is 4. The Labute approximate surface area is 122 Å². The van der Waals surface area contributed by atoms with Crippen molar-refractivity contribution in [3.63, 3.8) is 0 Å². The third-order valence-electron chi connectivity index (χ3n) is 3.93. The maximum atomic E-state index is 11.1. The fraction of sp³-hybridized carbons (Fsp3) is 0.533. The topological polar surface area (TPSA) is 49.3 Å². The number of hydrogen-bond acceptors (Lipinski definition) is 2. The molecule has 2 N–H and O–H groups in total. The zero-order valence-corrected chi connectivity index (χ0v) is 12.7. The summed E-state index contributed by atoms with van der Waals surface area (Å²) < 4.78 is 0.804. The van der Waals surface area contributed by atoms with E-state index in [1.165, 1.54) is 32.1 Å². The molecule has 2 unspecified atom stereocenters. The predicted octanol–water partition coefficient (Wildman–Crippen LogP) is 4.53. The molecule has 4 heteroatoms. The number of benzene rings is 1. The smallest absolute Gasteiger partial charge is 0.335 e. The van der Waals surface area contributed by atoms with Crippen molar-refractivity contribution in [1.82, 2.24) is 0 Å². The van der Waals surface area contributed by atoms with E-state index in [2.05, 4.69) is 28.2 Å². The van der Waals surface area contributed by atoms with Crippen molar-refractivity contribution in [2.45, 2.75) is 45.1 Å². The lowest BCUT2D eigenvalue weighted by Gasteiger charge is -2.32. The lowest BCUT2D eigenvalue weighted by Crippen LogP contribution is -2.31. The SMILES string of the molecule is CCC1CCCCC1Nc1cc(Br)cc(C(=O)O)c1. The Balaban J connectivity index is 2.15. The standard InChI is InChI=1S/C15H20BrNO2/c1-2-10-5-3-4-6-14(10)17-13-8-11(15(18)19)7-12(16)9-13/h7-10,14,17H,2-6H2,1H3,(H,18,19). The highest BCUT2D eigenvalue weighted by Gasteiger charge is 2.23. The number of halogens is 1. The van der Waals surface area contributed by atoms with Gasteiger partial charge < -0.3 is 10.4 Å². The number of hydrogen-bond donors (Lipinski definition) is 2. The van der Waals surface area contributed by atoms with Gasteiger partial charge in [0.25, 0.3) is 0 Å². The predicted molar refractivity (Wildman–Crippen MR) is 80.8 cm³/mol. The molecule has 0 spiro atoms. The van der Waals surface area contributed by atoms with Gasteiger partial charge in [-0.2, -0.15) is 0 Å². The van der Waals surface area contributed by atoms with Crippen molar-refractivity contribution >= 4 is 27.6 Å². The Morgan fingerprint density at radius 3 is 2.79 bits per heavy atom. The second-order valence-electron chi connectivity index (χ2n) is 5.24. The Kier molecular flexibility index (Phi) is 4.86. The van der Waals surface area contributed by atoms with Gasteiger partial charge in [0.1, 0.15) is 0 Å². The number of carbonyl (C=O) groups is 1. The lowest BCUT2D eigenvalue weighted by atomic mass is 9.83. The summed E-state index contributed by atoms with van der Waals surface area (Å²) in [5.41, 5.74) is 1.22. The molecule has 1 aromatic rings. The highest BCUT2D eigenvalue weighted by molar-refractivity contribution is 9.10. The third-order valence-corrected chi connectivity index (χ3v) is 4.39. The molecule has 0 bridgehead atoms. The van der Waals surface area contributed by atoms with E-state index in [1.807, 2.05) is 6.07 Å². The van der Waals surface area contributed by atoms with Crippen molar-refractivity contribution < 1.29 is 9.90 Å². The summed E-state index contributed by atoms with van der Waals surface area (Å²) in [6.07, 6.45) is 6.20. The largest absolute Gasteiger partial charge is 0.478 e. The average Bonchev–Trinajstić information content (AvgIpc) is 2.38. The molecule has 1 aliphatic rings. The van der Waals surface area contributed by atoms with Crippen LogP contribution in [0.3, 0.4) is 0 Å². The van der Waals surface area contributed by atoms with Gasteiger partial charge in [0.15, 0.2) is 0 Å². The average molecular weight is 326 g/mol. The molecule has 1 fully saturated rings. The van der Waals surface area contributed by atoms with Crippen LogP contribution in [-0.4, -0.2) is 17.1 Å². The van der Waals surface area contributed by atoms with E-state index in [1.54, 1.807) is 12.1 Å². The number of carboxylic acid groups (broad SMARTS) is 1. The number of aromatic carboxylic acids is 1. The highest BCUT2D eigenvalue weighted by Crippen LogP contribution is 2.30. The summed E-state index contributed by atoms with van der Waals surface area (Å²) >= 11 is 3.37. The summed E-state index contributed by atoms with van der Waals surface area (Å²) in [7, 11) is 0. The third kappa shape index (κ3) is 3.72. The molecule has 3 nitrogen and oxygen atoms in total. The Bertz CT molecular complexity index is 461. The van der Waals surface area contributed by atoms with E-state index in [9.17, 15) is 4.79 Å². The van der Waals surface area contributed by atoms with Crippen molar-refractivity contribution in [1.29, 1.82) is 0 Å². The van der Waals surface area contributed by atoms with Gasteiger partial charge in [-0.1, -0.05) is 42.1 Å². The molecular weight excluding hydrogens is 306 g/mol. The molecule has 2 rings (SSSR count). The normalized spacial score (nSPS) is 23.1. The van der Waals surface area contributed by atoms with Crippen LogP contribution >= 0.6 is 15.9 Å². The minimum atomic E-state index is -0.889.